The van der Waals surface area contributed by atoms with E-state index < -0.39 is 23.1 Å². The first-order chi connectivity index (χ1) is 15.7. The van der Waals surface area contributed by atoms with Crippen molar-refractivity contribution >= 4 is 17.3 Å². The molecule has 9 nitrogen and oxygen atoms in total. The van der Waals surface area contributed by atoms with Crippen molar-refractivity contribution in [2.75, 3.05) is 45.2 Å². The molecular weight excluding hydrogens is 445 g/mol. The second-order valence-electron chi connectivity index (χ2n) is 7.37. The van der Waals surface area contributed by atoms with Crippen molar-refractivity contribution in [3.63, 3.8) is 0 Å². The first-order valence-corrected chi connectivity index (χ1v) is 10.1. The zero-order chi connectivity index (χ0) is 24.0. The molecule has 33 heavy (non-hydrogen) atoms. The molecule has 12 heteroatoms. The quantitative estimate of drug-likeness (QED) is 0.446. The summed E-state index contributed by atoms with van der Waals surface area (Å²) in [6.45, 7) is -0.603. The monoisotopic (exact) mass is 468 g/mol. The molecule has 1 amide bonds. The van der Waals surface area contributed by atoms with Crippen molar-refractivity contribution < 1.29 is 32.4 Å². The number of rotatable bonds is 9. The Kier molecular flexibility index (Phi) is 8.06. The van der Waals surface area contributed by atoms with E-state index in [1.165, 1.54) is 37.4 Å². The Morgan fingerprint density at radius 3 is 2.33 bits per heavy atom. The normalized spacial score (nSPS) is 14.8. The summed E-state index contributed by atoms with van der Waals surface area (Å²) in [6.07, 6.45) is 0. The average Bonchev–Trinajstić information content (AvgIpc) is 2.77. The lowest BCUT2D eigenvalue weighted by Crippen LogP contribution is -2.48. The third-order valence-electron chi connectivity index (χ3n) is 5.13. The summed E-state index contributed by atoms with van der Waals surface area (Å²) in [5.74, 6) is -1.05. The van der Waals surface area contributed by atoms with Crippen molar-refractivity contribution in [1.82, 2.24) is 9.80 Å². The van der Waals surface area contributed by atoms with Crippen LogP contribution in [0.1, 0.15) is 5.56 Å². The predicted octanol–water partition coefficient (Wildman–Crippen LogP) is 3.10. The maximum Gasteiger partial charge on any atom is 0.387 e. The van der Waals surface area contributed by atoms with E-state index in [2.05, 4.69) is 10.1 Å². The maximum absolute atomic E-state index is 13.0. The largest absolute Gasteiger partial charge is 0.493 e. The minimum absolute atomic E-state index is 0.0213. The van der Waals surface area contributed by atoms with Crippen LogP contribution in [0.3, 0.4) is 0 Å². The van der Waals surface area contributed by atoms with Crippen LogP contribution in [0.2, 0.25) is 0 Å². The third kappa shape index (κ3) is 6.80. The molecule has 1 heterocycles. The van der Waals surface area contributed by atoms with Crippen LogP contribution in [0, 0.1) is 15.9 Å². The molecule has 0 aromatic heterocycles. The van der Waals surface area contributed by atoms with Crippen LogP contribution >= 0.6 is 0 Å². The first-order valence-electron chi connectivity index (χ1n) is 10.1. The number of halogens is 3. The van der Waals surface area contributed by atoms with Gasteiger partial charge in [-0.2, -0.15) is 8.78 Å². The number of alkyl halides is 2. The van der Waals surface area contributed by atoms with Gasteiger partial charge in [0.2, 0.25) is 5.91 Å². The number of amides is 1. The fraction of sp³-hybridized carbons (Fsp3) is 0.381. The van der Waals surface area contributed by atoms with Gasteiger partial charge in [-0.3, -0.25) is 24.7 Å². The molecule has 1 aliphatic rings. The molecule has 0 radical (unpaired) electrons. The number of carbonyl (C=O) groups is 1. The van der Waals surface area contributed by atoms with Gasteiger partial charge in [0.1, 0.15) is 5.82 Å². The number of piperazine rings is 1. The number of anilines is 1. The second-order valence-corrected chi connectivity index (χ2v) is 7.37. The molecule has 0 spiro atoms. The molecule has 1 aliphatic heterocycles. The molecule has 1 N–H and O–H groups in total. The zero-order valence-electron chi connectivity index (χ0n) is 17.8. The van der Waals surface area contributed by atoms with Crippen LogP contribution in [0.15, 0.2) is 36.4 Å². The number of nitrogens with one attached hydrogen (secondary N) is 1. The van der Waals surface area contributed by atoms with Gasteiger partial charge in [-0.15, -0.1) is 0 Å². The standard InChI is InChI=1S/C21H23F3N4O5/c1-32-18-10-14(17(28(30)31)11-19(18)33-21(23)24)12-26-6-8-27(9-7-26)13-20(29)25-16-4-2-15(22)3-5-16/h2-5,10-11,21H,6-9,12-13H2,1H3,(H,25,29). The highest BCUT2D eigenvalue weighted by atomic mass is 19.3. The van der Waals surface area contributed by atoms with Crippen molar-refractivity contribution in [3.8, 4) is 11.5 Å². The van der Waals surface area contributed by atoms with Crippen molar-refractivity contribution in [2.24, 2.45) is 0 Å². The Bertz CT molecular complexity index is 983. The summed E-state index contributed by atoms with van der Waals surface area (Å²) >= 11 is 0. The third-order valence-corrected chi connectivity index (χ3v) is 5.13. The summed E-state index contributed by atoms with van der Waals surface area (Å²) in [6, 6.07) is 7.74. The second kappa shape index (κ2) is 11.0. The molecule has 0 unspecified atom stereocenters. The number of nitro groups is 1. The molecule has 0 saturated carbocycles. The zero-order valence-corrected chi connectivity index (χ0v) is 17.8. The summed E-state index contributed by atoms with van der Waals surface area (Å²) in [4.78, 5) is 26.9. The lowest BCUT2D eigenvalue weighted by Gasteiger charge is -2.34. The fourth-order valence-corrected chi connectivity index (χ4v) is 3.52. The Hall–Kier alpha value is -3.38. The molecular formula is C21H23F3N4O5. The molecule has 2 aromatic rings. The number of methoxy groups -OCH3 is 1. The van der Waals surface area contributed by atoms with Gasteiger partial charge in [0.05, 0.1) is 24.6 Å². The van der Waals surface area contributed by atoms with Crippen molar-refractivity contribution in [1.29, 1.82) is 0 Å². The van der Waals surface area contributed by atoms with Gasteiger partial charge in [-0.05, 0) is 30.3 Å². The fourth-order valence-electron chi connectivity index (χ4n) is 3.52. The minimum Gasteiger partial charge on any atom is -0.493 e. The lowest BCUT2D eigenvalue weighted by molar-refractivity contribution is -0.385. The van der Waals surface area contributed by atoms with Gasteiger partial charge >= 0.3 is 6.61 Å². The van der Waals surface area contributed by atoms with E-state index in [1.54, 1.807) is 0 Å². The molecule has 178 valence electrons. The van der Waals surface area contributed by atoms with Gasteiger partial charge in [0, 0.05) is 44.0 Å². The number of benzene rings is 2. The Balaban J connectivity index is 1.58. The number of ether oxygens (including phenoxy) is 2. The molecule has 0 bridgehead atoms. The van der Waals surface area contributed by atoms with E-state index in [4.69, 9.17) is 4.74 Å². The van der Waals surface area contributed by atoms with Crippen LogP contribution in [-0.4, -0.2) is 67.1 Å². The lowest BCUT2D eigenvalue weighted by atomic mass is 10.1. The van der Waals surface area contributed by atoms with Gasteiger partial charge in [0.15, 0.2) is 11.5 Å². The number of hydrogen-bond acceptors (Lipinski definition) is 7. The molecule has 1 saturated heterocycles. The SMILES string of the molecule is COc1cc(CN2CCN(CC(=O)Nc3ccc(F)cc3)CC2)c([N+](=O)[O-])cc1OC(F)F. The van der Waals surface area contributed by atoms with Crippen LogP contribution in [0.5, 0.6) is 11.5 Å². The van der Waals surface area contributed by atoms with Crippen molar-refractivity contribution in [2.45, 2.75) is 13.2 Å². The van der Waals surface area contributed by atoms with Crippen LogP contribution in [-0.2, 0) is 11.3 Å². The maximum atomic E-state index is 13.0. The topological polar surface area (TPSA) is 97.2 Å². The number of carbonyl (C=O) groups excluding carboxylic acids is 1. The summed E-state index contributed by atoms with van der Waals surface area (Å²) in [5.41, 5.74) is 0.467. The van der Waals surface area contributed by atoms with Crippen molar-refractivity contribution in [3.05, 3.63) is 57.9 Å². The molecule has 0 atom stereocenters. The number of hydrogen-bond donors (Lipinski definition) is 1. The van der Waals surface area contributed by atoms with E-state index in [0.29, 0.717) is 37.4 Å². The summed E-state index contributed by atoms with van der Waals surface area (Å²) in [7, 11) is 1.26. The Morgan fingerprint density at radius 1 is 1.12 bits per heavy atom. The van der Waals surface area contributed by atoms with Gasteiger partial charge in [0.25, 0.3) is 5.69 Å². The summed E-state index contributed by atoms with van der Waals surface area (Å²) in [5, 5.41) is 14.2. The van der Waals surface area contributed by atoms with E-state index in [9.17, 15) is 28.1 Å². The summed E-state index contributed by atoms with van der Waals surface area (Å²) < 4.78 is 47.6. The number of nitrogens with zero attached hydrogens (tertiary/aromatic N) is 3. The van der Waals surface area contributed by atoms with Crippen LogP contribution in [0.25, 0.3) is 0 Å². The number of nitro benzene ring substituents is 1. The highest BCUT2D eigenvalue weighted by molar-refractivity contribution is 5.92. The van der Waals surface area contributed by atoms with E-state index in [1.807, 2.05) is 9.80 Å². The molecule has 1 fully saturated rings. The average molecular weight is 468 g/mol. The molecule has 3 rings (SSSR count). The van der Waals surface area contributed by atoms with Crippen LogP contribution in [0.4, 0.5) is 24.5 Å². The smallest absolute Gasteiger partial charge is 0.387 e. The highest BCUT2D eigenvalue weighted by Crippen LogP contribution is 2.36. The van der Waals surface area contributed by atoms with E-state index >= 15 is 0 Å². The van der Waals surface area contributed by atoms with Crippen LogP contribution < -0.4 is 14.8 Å². The highest BCUT2D eigenvalue weighted by Gasteiger charge is 2.25. The molecule has 0 aliphatic carbocycles. The Morgan fingerprint density at radius 2 is 1.76 bits per heavy atom. The minimum atomic E-state index is -3.14. The van der Waals surface area contributed by atoms with E-state index in [-0.39, 0.29) is 30.4 Å². The van der Waals surface area contributed by atoms with E-state index in [0.717, 1.165) is 6.07 Å². The predicted molar refractivity (Wildman–Crippen MR) is 113 cm³/mol. The van der Waals surface area contributed by atoms with Gasteiger partial charge in [-0.25, -0.2) is 4.39 Å². The van der Waals surface area contributed by atoms with Gasteiger partial charge < -0.3 is 14.8 Å². The Labute approximate surface area is 187 Å². The molecule has 2 aromatic carbocycles. The first kappa shape index (κ1) is 24.3. The van der Waals surface area contributed by atoms with Gasteiger partial charge in [-0.1, -0.05) is 0 Å².